The van der Waals surface area contributed by atoms with E-state index in [1.807, 2.05) is 24.3 Å². The van der Waals surface area contributed by atoms with Crippen molar-refractivity contribution in [3.63, 3.8) is 0 Å². The Labute approximate surface area is 146 Å². The molecular weight excluding hydrogens is 318 g/mol. The zero-order chi connectivity index (χ0) is 17.3. The zero-order valence-corrected chi connectivity index (χ0v) is 14.2. The van der Waals surface area contributed by atoms with Crippen molar-refractivity contribution < 1.29 is 14.3 Å². The van der Waals surface area contributed by atoms with Crippen LogP contribution in [0.1, 0.15) is 54.1 Å². The van der Waals surface area contributed by atoms with E-state index in [9.17, 15) is 4.79 Å². The topological polar surface area (TPSA) is 73.3 Å². The van der Waals surface area contributed by atoms with Crippen molar-refractivity contribution in [1.29, 1.82) is 0 Å². The van der Waals surface area contributed by atoms with Crippen LogP contribution in [0.15, 0.2) is 36.7 Å². The Kier molecular flexibility index (Phi) is 4.03. The van der Waals surface area contributed by atoms with Gasteiger partial charge in [0.2, 0.25) is 0 Å². The minimum atomic E-state index is -0.183. The highest BCUT2D eigenvalue weighted by Crippen LogP contribution is 2.47. The van der Waals surface area contributed by atoms with Crippen molar-refractivity contribution in [3.05, 3.63) is 47.8 Å². The van der Waals surface area contributed by atoms with Gasteiger partial charge in [-0.15, -0.1) is 0 Å². The summed E-state index contributed by atoms with van der Waals surface area (Å²) in [4.78, 5) is 20.7. The van der Waals surface area contributed by atoms with Gasteiger partial charge in [0.05, 0.1) is 18.7 Å². The number of aromatic nitrogens is 2. The maximum absolute atomic E-state index is 12.7. The highest BCUT2D eigenvalue weighted by molar-refractivity contribution is 5.93. The van der Waals surface area contributed by atoms with Crippen LogP contribution in [0.5, 0.6) is 11.8 Å². The molecule has 4 rings (SSSR count). The van der Waals surface area contributed by atoms with Crippen molar-refractivity contribution >= 4 is 5.91 Å². The third kappa shape index (κ3) is 3.04. The molecule has 1 fully saturated rings. The lowest BCUT2D eigenvalue weighted by atomic mass is 9.86. The van der Waals surface area contributed by atoms with Crippen molar-refractivity contribution in [2.75, 3.05) is 7.11 Å². The van der Waals surface area contributed by atoms with Crippen molar-refractivity contribution in [1.82, 2.24) is 15.3 Å². The van der Waals surface area contributed by atoms with Crippen LogP contribution in [0.3, 0.4) is 0 Å². The summed E-state index contributed by atoms with van der Waals surface area (Å²) in [6.45, 7) is 0. The number of hydrogen-bond acceptors (Lipinski definition) is 5. The molecule has 6 heteroatoms. The highest BCUT2D eigenvalue weighted by atomic mass is 16.5. The summed E-state index contributed by atoms with van der Waals surface area (Å²) in [5.74, 6) is 0.699. The third-order valence-corrected chi connectivity index (χ3v) is 5.09. The number of carbonyl (C=O) groups excluding carboxylic acids is 1. The SMILES string of the molecule is COc1ncc(C(=O)N[C@H]2CC3(CCCC3)Oc3ccccc32)cn1. The number of methoxy groups -OCH3 is 1. The molecular formula is C19H21N3O3. The lowest BCUT2D eigenvalue weighted by Crippen LogP contribution is -2.43. The summed E-state index contributed by atoms with van der Waals surface area (Å²) in [5, 5.41) is 3.14. The van der Waals surface area contributed by atoms with Crippen molar-refractivity contribution in [3.8, 4) is 11.8 Å². The standard InChI is InChI=1S/C19H21N3O3/c1-24-18-20-11-13(12-21-18)17(23)22-15-10-19(8-4-5-9-19)25-16-7-3-2-6-14(15)16/h2-3,6-7,11-12,15H,4-5,8-10H2,1H3,(H,22,23)/t15-/m0/s1. The van der Waals surface area contributed by atoms with E-state index in [-0.39, 0.29) is 23.6 Å². The number of nitrogens with zero attached hydrogens (tertiary/aromatic N) is 2. The molecule has 2 heterocycles. The summed E-state index contributed by atoms with van der Waals surface area (Å²) in [6.07, 6.45) is 8.20. The van der Waals surface area contributed by atoms with Crippen molar-refractivity contribution in [2.24, 2.45) is 0 Å². The van der Waals surface area contributed by atoms with E-state index in [4.69, 9.17) is 9.47 Å². The van der Waals surface area contributed by atoms with Gasteiger partial charge in [0.1, 0.15) is 11.4 Å². The van der Waals surface area contributed by atoms with Crippen LogP contribution in [0.25, 0.3) is 0 Å². The first-order valence-corrected chi connectivity index (χ1v) is 8.64. The second-order valence-electron chi connectivity index (χ2n) is 6.72. The first-order chi connectivity index (χ1) is 12.2. The number of nitrogens with one attached hydrogen (secondary N) is 1. The molecule has 0 saturated heterocycles. The number of rotatable bonds is 3. The summed E-state index contributed by atoms with van der Waals surface area (Å²) in [6, 6.07) is 8.14. The highest BCUT2D eigenvalue weighted by Gasteiger charge is 2.43. The molecule has 1 saturated carbocycles. The van der Waals surface area contributed by atoms with Crippen LogP contribution in [-0.4, -0.2) is 28.6 Å². The molecule has 1 aliphatic carbocycles. The van der Waals surface area contributed by atoms with Crippen LogP contribution in [-0.2, 0) is 0 Å². The smallest absolute Gasteiger partial charge is 0.316 e. The van der Waals surface area contributed by atoms with E-state index in [1.54, 1.807) is 0 Å². The minimum absolute atomic E-state index is 0.0716. The number of hydrogen-bond donors (Lipinski definition) is 1. The zero-order valence-electron chi connectivity index (χ0n) is 14.2. The van der Waals surface area contributed by atoms with E-state index in [0.29, 0.717) is 5.56 Å². The van der Waals surface area contributed by atoms with Gasteiger partial charge in [0.15, 0.2) is 0 Å². The quantitative estimate of drug-likeness (QED) is 0.930. The Morgan fingerprint density at radius 1 is 1.24 bits per heavy atom. The molecule has 0 radical (unpaired) electrons. The number of amides is 1. The fourth-order valence-electron chi connectivity index (χ4n) is 3.85. The van der Waals surface area contributed by atoms with E-state index >= 15 is 0 Å². The van der Waals surface area contributed by atoms with Gasteiger partial charge in [-0.25, -0.2) is 9.97 Å². The molecule has 6 nitrogen and oxygen atoms in total. The molecule has 1 aromatic carbocycles. The Balaban J connectivity index is 1.58. The number of fused-ring (bicyclic) bond motifs is 1. The van der Waals surface area contributed by atoms with Gasteiger partial charge < -0.3 is 14.8 Å². The molecule has 2 aromatic rings. The molecule has 1 spiro atoms. The fraction of sp³-hybridized carbons (Fsp3) is 0.421. The van der Waals surface area contributed by atoms with E-state index in [1.165, 1.54) is 32.3 Å². The fourth-order valence-corrected chi connectivity index (χ4v) is 3.85. The Bertz CT molecular complexity index is 770. The lowest BCUT2D eigenvalue weighted by molar-refractivity contribution is 0.0360. The summed E-state index contributed by atoms with van der Waals surface area (Å²) in [7, 11) is 1.50. The monoisotopic (exact) mass is 339 g/mol. The number of ether oxygens (including phenoxy) is 2. The average molecular weight is 339 g/mol. The predicted molar refractivity (Wildman–Crippen MR) is 91.7 cm³/mol. The number of carbonyl (C=O) groups is 1. The molecule has 1 aromatic heterocycles. The second kappa shape index (κ2) is 6.35. The van der Waals surface area contributed by atoms with Gasteiger partial charge in [0, 0.05) is 24.4 Å². The summed E-state index contributed by atoms with van der Waals surface area (Å²) in [5.41, 5.74) is 1.30. The van der Waals surface area contributed by atoms with Crippen LogP contribution in [0.2, 0.25) is 0 Å². The molecule has 1 atom stereocenters. The Morgan fingerprint density at radius 3 is 2.68 bits per heavy atom. The average Bonchev–Trinajstić information content (AvgIpc) is 3.09. The van der Waals surface area contributed by atoms with Gasteiger partial charge >= 0.3 is 6.01 Å². The number of benzene rings is 1. The number of para-hydroxylation sites is 1. The third-order valence-electron chi connectivity index (χ3n) is 5.09. The Morgan fingerprint density at radius 2 is 1.96 bits per heavy atom. The predicted octanol–water partition coefficient (Wildman–Crippen LogP) is 3.05. The van der Waals surface area contributed by atoms with Crippen LogP contribution in [0, 0.1) is 0 Å². The maximum Gasteiger partial charge on any atom is 0.316 e. The van der Waals surface area contributed by atoms with Gasteiger partial charge in [0.25, 0.3) is 5.91 Å². The molecule has 0 unspecified atom stereocenters. The van der Waals surface area contributed by atoms with E-state index in [0.717, 1.165) is 30.6 Å². The molecule has 2 aliphatic rings. The van der Waals surface area contributed by atoms with Crippen LogP contribution in [0.4, 0.5) is 0 Å². The van der Waals surface area contributed by atoms with Gasteiger partial charge in [-0.3, -0.25) is 4.79 Å². The largest absolute Gasteiger partial charge is 0.487 e. The first kappa shape index (κ1) is 15.9. The summed E-state index contributed by atoms with van der Waals surface area (Å²) < 4.78 is 11.3. The molecule has 0 bridgehead atoms. The van der Waals surface area contributed by atoms with E-state index in [2.05, 4.69) is 15.3 Å². The first-order valence-electron chi connectivity index (χ1n) is 8.64. The van der Waals surface area contributed by atoms with Crippen LogP contribution >= 0.6 is 0 Å². The van der Waals surface area contributed by atoms with Crippen LogP contribution < -0.4 is 14.8 Å². The van der Waals surface area contributed by atoms with E-state index < -0.39 is 0 Å². The lowest BCUT2D eigenvalue weighted by Gasteiger charge is -2.40. The van der Waals surface area contributed by atoms with Crippen molar-refractivity contribution in [2.45, 2.75) is 43.7 Å². The molecule has 1 N–H and O–H groups in total. The normalized spacial score (nSPS) is 20.6. The summed E-state index contributed by atoms with van der Waals surface area (Å²) >= 11 is 0. The molecule has 130 valence electrons. The van der Waals surface area contributed by atoms with Gasteiger partial charge in [-0.05, 0) is 31.7 Å². The second-order valence-corrected chi connectivity index (χ2v) is 6.72. The molecule has 1 aliphatic heterocycles. The minimum Gasteiger partial charge on any atom is -0.487 e. The maximum atomic E-state index is 12.7. The molecule has 1 amide bonds. The molecule has 25 heavy (non-hydrogen) atoms. The van der Waals surface area contributed by atoms with Gasteiger partial charge in [-0.1, -0.05) is 18.2 Å². The Hall–Kier alpha value is -2.63. The van der Waals surface area contributed by atoms with Gasteiger partial charge in [-0.2, -0.15) is 0 Å².